The molecule has 1 N–H and O–H groups in total. The monoisotopic (exact) mass is 361 g/mol. The zero-order valence-electron chi connectivity index (χ0n) is 15.9. The van der Waals surface area contributed by atoms with Gasteiger partial charge in [0.25, 0.3) is 0 Å². The zero-order chi connectivity index (χ0) is 19.0. The van der Waals surface area contributed by atoms with Crippen molar-refractivity contribution < 1.29 is 19.1 Å². The summed E-state index contributed by atoms with van der Waals surface area (Å²) in [4.78, 5) is 23.7. The Morgan fingerprint density at radius 1 is 1.08 bits per heavy atom. The molecular weight excluding hydrogens is 330 g/mol. The molecule has 1 aromatic carbocycles. The van der Waals surface area contributed by atoms with Crippen LogP contribution in [0.1, 0.15) is 57.4 Å². The number of hydrogen-bond donors (Lipinski definition) is 1. The predicted octanol–water partition coefficient (Wildman–Crippen LogP) is 4.76. The van der Waals surface area contributed by atoms with Gasteiger partial charge in [-0.1, -0.05) is 81.5 Å². The van der Waals surface area contributed by atoms with Crippen LogP contribution in [0.5, 0.6) is 0 Å². The number of benzene rings is 1. The summed E-state index contributed by atoms with van der Waals surface area (Å²) in [6.45, 7) is 2.36. The van der Waals surface area contributed by atoms with Gasteiger partial charge in [-0.05, 0) is 18.4 Å². The summed E-state index contributed by atoms with van der Waals surface area (Å²) in [5.74, 6) is -0.513. The standard InChI is InChI=1S/C21H31NO4/c1-3-4-5-6-7-8-9-13-16-19(20(23)25-2)22-21(24)26-17-18-14-11-10-12-15-18/h10-16,19H,3-9,17H2,1-2H3,(H,22,24)/b16-13+. The summed E-state index contributed by atoms with van der Waals surface area (Å²) in [5.41, 5.74) is 0.885. The molecule has 1 unspecified atom stereocenters. The van der Waals surface area contributed by atoms with Crippen LogP contribution in [0.2, 0.25) is 0 Å². The number of carbonyl (C=O) groups is 2. The molecule has 0 aliphatic heterocycles. The molecule has 5 nitrogen and oxygen atoms in total. The van der Waals surface area contributed by atoms with Crippen molar-refractivity contribution in [2.24, 2.45) is 0 Å². The van der Waals surface area contributed by atoms with Crippen molar-refractivity contribution in [3.05, 3.63) is 48.0 Å². The molecule has 0 spiro atoms. The van der Waals surface area contributed by atoms with E-state index < -0.39 is 18.1 Å². The predicted molar refractivity (Wildman–Crippen MR) is 103 cm³/mol. The molecule has 0 aliphatic rings. The molecule has 1 aromatic rings. The van der Waals surface area contributed by atoms with E-state index >= 15 is 0 Å². The fourth-order valence-electron chi connectivity index (χ4n) is 2.48. The lowest BCUT2D eigenvalue weighted by Gasteiger charge is -2.13. The Labute approximate surface area is 156 Å². The number of allylic oxidation sites excluding steroid dienone is 1. The number of amides is 1. The van der Waals surface area contributed by atoms with E-state index in [1.54, 1.807) is 6.08 Å². The Kier molecular flexibility index (Phi) is 11.6. The second kappa shape index (κ2) is 13.9. The maximum absolute atomic E-state index is 11.9. The molecular formula is C21H31NO4. The lowest BCUT2D eigenvalue weighted by atomic mass is 10.1. The molecule has 1 rings (SSSR count). The maximum atomic E-state index is 11.9. The normalized spacial score (nSPS) is 11.9. The number of esters is 1. The van der Waals surface area contributed by atoms with E-state index in [9.17, 15) is 9.59 Å². The second-order valence-electron chi connectivity index (χ2n) is 6.19. The van der Waals surface area contributed by atoms with Crippen molar-refractivity contribution in [3.63, 3.8) is 0 Å². The molecule has 0 saturated carbocycles. The number of rotatable bonds is 12. The fraction of sp³-hybridized carbons (Fsp3) is 0.524. The van der Waals surface area contributed by atoms with E-state index in [-0.39, 0.29) is 6.61 Å². The Morgan fingerprint density at radius 2 is 1.77 bits per heavy atom. The number of nitrogens with one attached hydrogen (secondary N) is 1. The van der Waals surface area contributed by atoms with Crippen molar-refractivity contribution >= 4 is 12.1 Å². The van der Waals surface area contributed by atoms with E-state index in [4.69, 9.17) is 9.47 Å². The van der Waals surface area contributed by atoms with Gasteiger partial charge in [-0.15, -0.1) is 0 Å². The molecule has 0 radical (unpaired) electrons. The minimum Gasteiger partial charge on any atom is -0.467 e. The first-order chi connectivity index (χ1) is 12.7. The van der Waals surface area contributed by atoms with Gasteiger partial charge in [-0.2, -0.15) is 0 Å². The van der Waals surface area contributed by atoms with Gasteiger partial charge < -0.3 is 14.8 Å². The third-order valence-corrected chi connectivity index (χ3v) is 3.99. The first kappa shape index (κ1) is 21.7. The van der Waals surface area contributed by atoms with E-state index in [1.807, 2.05) is 36.4 Å². The van der Waals surface area contributed by atoms with E-state index in [2.05, 4.69) is 12.2 Å². The third kappa shape index (κ3) is 9.87. The van der Waals surface area contributed by atoms with Crippen LogP contribution in [0.25, 0.3) is 0 Å². The largest absolute Gasteiger partial charge is 0.467 e. The van der Waals surface area contributed by atoms with Crippen molar-refractivity contribution in [3.8, 4) is 0 Å². The van der Waals surface area contributed by atoms with Crippen molar-refractivity contribution in [1.29, 1.82) is 0 Å². The Morgan fingerprint density at radius 3 is 2.46 bits per heavy atom. The summed E-state index contributed by atoms with van der Waals surface area (Å²) in [6, 6.07) is 8.54. The quantitative estimate of drug-likeness (QED) is 0.331. The Hall–Kier alpha value is -2.30. The van der Waals surface area contributed by atoms with Gasteiger partial charge >= 0.3 is 12.1 Å². The molecule has 0 aliphatic carbocycles. The molecule has 0 saturated heterocycles. The van der Waals surface area contributed by atoms with Crippen molar-refractivity contribution in [2.45, 2.75) is 64.5 Å². The summed E-state index contributed by atoms with van der Waals surface area (Å²) in [7, 11) is 1.30. The minimum absolute atomic E-state index is 0.155. The molecule has 0 fully saturated rings. The number of ether oxygens (including phenoxy) is 2. The van der Waals surface area contributed by atoms with Gasteiger partial charge in [0.2, 0.25) is 0 Å². The summed E-state index contributed by atoms with van der Waals surface area (Å²) >= 11 is 0. The molecule has 5 heteroatoms. The molecule has 0 bridgehead atoms. The molecule has 0 heterocycles. The van der Waals surface area contributed by atoms with E-state index in [0.29, 0.717) is 0 Å². The number of unbranched alkanes of at least 4 members (excludes halogenated alkanes) is 6. The molecule has 1 atom stereocenters. The van der Waals surface area contributed by atoms with Crippen LogP contribution in [0.15, 0.2) is 42.5 Å². The van der Waals surface area contributed by atoms with Crippen LogP contribution in [-0.2, 0) is 20.9 Å². The SMILES string of the molecule is CCCCCCCC/C=C/C(NC(=O)OCc1ccccc1)C(=O)OC. The van der Waals surface area contributed by atoms with E-state index in [1.165, 1.54) is 39.2 Å². The fourth-order valence-corrected chi connectivity index (χ4v) is 2.48. The molecule has 0 aromatic heterocycles. The van der Waals surface area contributed by atoms with Gasteiger partial charge in [0.1, 0.15) is 12.6 Å². The highest BCUT2D eigenvalue weighted by molar-refractivity contribution is 5.83. The number of carbonyl (C=O) groups excluding carboxylic acids is 2. The van der Waals surface area contributed by atoms with Crippen LogP contribution in [0.3, 0.4) is 0 Å². The van der Waals surface area contributed by atoms with E-state index in [0.717, 1.165) is 18.4 Å². The zero-order valence-corrected chi connectivity index (χ0v) is 15.9. The van der Waals surface area contributed by atoms with Crippen LogP contribution >= 0.6 is 0 Å². The number of methoxy groups -OCH3 is 1. The van der Waals surface area contributed by atoms with Gasteiger partial charge in [-0.25, -0.2) is 9.59 Å². The van der Waals surface area contributed by atoms with Gasteiger partial charge in [-0.3, -0.25) is 0 Å². The van der Waals surface area contributed by atoms with Crippen molar-refractivity contribution in [2.75, 3.05) is 7.11 Å². The van der Waals surface area contributed by atoms with Crippen LogP contribution in [0.4, 0.5) is 4.79 Å². The highest BCUT2D eigenvalue weighted by Crippen LogP contribution is 2.08. The van der Waals surface area contributed by atoms with Gasteiger partial charge in [0.15, 0.2) is 0 Å². The first-order valence-electron chi connectivity index (χ1n) is 9.39. The smallest absolute Gasteiger partial charge is 0.408 e. The summed E-state index contributed by atoms with van der Waals surface area (Å²) in [6.07, 6.45) is 11.1. The minimum atomic E-state index is -0.830. The number of hydrogen-bond acceptors (Lipinski definition) is 4. The van der Waals surface area contributed by atoms with Crippen LogP contribution in [0, 0.1) is 0 Å². The number of alkyl carbamates (subject to hydrolysis) is 1. The molecule has 1 amide bonds. The van der Waals surface area contributed by atoms with Gasteiger partial charge in [0, 0.05) is 0 Å². The van der Waals surface area contributed by atoms with Gasteiger partial charge in [0.05, 0.1) is 7.11 Å². The van der Waals surface area contributed by atoms with Crippen LogP contribution < -0.4 is 5.32 Å². The second-order valence-corrected chi connectivity index (χ2v) is 6.19. The summed E-state index contributed by atoms with van der Waals surface area (Å²) < 4.78 is 9.88. The highest BCUT2D eigenvalue weighted by Gasteiger charge is 2.19. The lowest BCUT2D eigenvalue weighted by Crippen LogP contribution is -2.40. The highest BCUT2D eigenvalue weighted by atomic mass is 16.6. The Bertz CT molecular complexity index is 542. The molecule has 144 valence electrons. The maximum Gasteiger partial charge on any atom is 0.408 e. The first-order valence-corrected chi connectivity index (χ1v) is 9.39. The Balaban J connectivity index is 2.34. The topological polar surface area (TPSA) is 64.6 Å². The average Bonchev–Trinajstić information content (AvgIpc) is 2.67. The lowest BCUT2D eigenvalue weighted by molar-refractivity contribution is -0.141. The molecule has 26 heavy (non-hydrogen) atoms. The van der Waals surface area contributed by atoms with Crippen molar-refractivity contribution in [1.82, 2.24) is 5.32 Å². The third-order valence-electron chi connectivity index (χ3n) is 3.99. The summed E-state index contributed by atoms with van der Waals surface area (Å²) in [5, 5.41) is 2.53. The average molecular weight is 361 g/mol. The van der Waals surface area contributed by atoms with Crippen LogP contribution in [-0.4, -0.2) is 25.2 Å².